The Morgan fingerprint density at radius 3 is 1.86 bits per heavy atom. The van der Waals surface area contributed by atoms with Gasteiger partial charge >= 0.3 is 18.9 Å². The maximum Gasteiger partial charge on any atom is 1.00 e. The van der Waals surface area contributed by atoms with E-state index in [2.05, 4.69) is 11.4 Å². The number of hydrogen-bond donors (Lipinski definition) is 1. The molecule has 14 heavy (non-hydrogen) atoms. The van der Waals surface area contributed by atoms with Crippen LogP contribution in [0.3, 0.4) is 0 Å². The standard InChI is InChI=1S/C6H5.C5H9NO.Li/c1-2-4-6-5-3-1;7-5-1-3-6-4-2-5;/h1-5H;6H,1-4H2;/q-1;;+1. The molecule has 0 unspecified atom stereocenters. The summed E-state index contributed by atoms with van der Waals surface area (Å²) in [5.74, 6) is 0.402. The first kappa shape index (κ1) is 13.4. The summed E-state index contributed by atoms with van der Waals surface area (Å²) in [6.07, 6.45) is 1.47. The van der Waals surface area contributed by atoms with Crippen LogP contribution in [0.15, 0.2) is 30.3 Å². The van der Waals surface area contributed by atoms with Gasteiger partial charge in [-0.25, -0.2) is 0 Å². The summed E-state index contributed by atoms with van der Waals surface area (Å²) in [6.45, 7) is 1.78. The van der Waals surface area contributed by atoms with Crippen molar-refractivity contribution in [3.8, 4) is 0 Å². The molecule has 0 spiro atoms. The molecule has 1 saturated heterocycles. The Morgan fingerprint density at radius 1 is 1.07 bits per heavy atom. The molecule has 2 nitrogen and oxygen atoms in total. The van der Waals surface area contributed by atoms with Gasteiger partial charge in [-0.05, 0) is 0 Å². The normalized spacial score (nSPS) is 14.7. The molecule has 0 atom stereocenters. The second kappa shape index (κ2) is 9.02. The average Bonchev–Trinajstić information content (AvgIpc) is 2.22. The van der Waals surface area contributed by atoms with E-state index in [1.165, 1.54) is 0 Å². The van der Waals surface area contributed by atoms with Crippen LogP contribution < -0.4 is 24.2 Å². The minimum Gasteiger partial charge on any atom is -0.316 e. The Morgan fingerprint density at radius 2 is 1.64 bits per heavy atom. The Balaban J connectivity index is 0.000000227. The van der Waals surface area contributed by atoms with Crippen LogP contribution in [0, 0.1) is 6.07 Å². The number of Topliss-reactive ketones (excluding diaryl/α,β-unsaturated/α-hetero) is 1. The number of benzene rings is 1. The van der Waals surface area contributed by atoms with Crippen LogP contribution in [0.25, 0.3) is 0 Å². The van der Waals surface area contributed by atoms with Gasteiger partial charge in [0, 0.05) is 25.9 Å². The first-order valence-electron chi connectivity index (χ1n) is 4.53. The molecule has 0 aliphatic carbocycles. The van der Waals surface area contributed by atoms with Crippen LogP contribution in [0.1, 0.15) is 12.8 Å². The van der Waals surface area contributed by atoms with Gasteiger partial charge in [0.05, 0.1) is 0 Å². The summed E-state index contributed by atoms with van der Waals surface area (Å²) in [5.41, 5.74) is 0. The quantitative estimate of drug-likeness (QED) is 0.389. The van der Waals surface area contributed by atoms with Crippen molar-refractivity contribution >= 4 is 5.78 Å². The van der Waals surface area contributed by atoms with E-state index < -0.39 is 0 Å². The van der Waals surface area contributed by atoms with Crippen molar-refractivity contribution in [3.05, 3.63) is 36.4 Å². The molecule has 2 rings (SSSR count). The minimum atomic E-state index is 0. The largest absolute Gasteiger partial charge is 1.00 e. The Bertz CT molecular complexity index is 204. The smallest absolute Gasteiger partial charge is 0.316 e. The number of ketones is 1. The van der Waals surface area contributed by atoms with Crippen LogP contribution in [0.4, 0.5) is 0 Å². The SMILES string of the molecule is O=C1CCNCC1.[Li+].[c-]1ccccc1. The third kappa shape index (κ3) is 6.91. The molecule has 0 amide bonds. The third-order valence-corrected chi connectivity index (χ3v) is 1.77. The van der Waals surface area contributed by atoms with E-state index in [1.807, 2.05) is 30.3 Å². The van der Waals surface area contributed by atoms with Crippen molar-refractivity contribution in [1.29, 1.82) is 0 Å². The molecule has 0 radical (unpaired) electrons. The van der Waals surface area contributed by atoms with E-state index in [9.17, 15) is 4.79 Å². The molecule has 1 aromatic carbocycles. The summed E-state index contributed by atoms with van der Waals surface area (Å²) in [4.78, 5) is 10.4. The van der Waals surface area contributed by atoms with E-state index in [1.54, 1.807) is 0 Å². The summed E-state index contributed by atoms with van der Waals surface area (Å²) >= 11 is 0. The molecule has 1 N–H and O–H groups in total. The molecule has 1 aromatic rings. The fraction of sp³-hybridized carbons (Fsp3) is 0.364. The van der Waals surface area contributed by atoms with E-state index in [0.717, 1.165) is 25.9 Å². The molecular formula is C11H14LiNO. The zero-order valence-corrected chi connectivity index (χ0v) is 8.62. The van der Waals surface area contributed by atoms with Gasteiger partial charge in [0.1, 0.15) is 5.78 Å². The van der Waals surface area contributed by atoms with Gasteiger partial charge < -0.3 is 5.32 Å². The number of carbonyl (C=O) groups is 1. The zero-order valence-electron chi connectivity index (χ0n) is 8.62. The first-order valence-corrected chi connectivity index (χ1v) is 4.53. The van der Waals surface area contributed by atoms with Crippen molar-refractivity contribution in [1.82, 2.24) is 5.32 Å². The van der Waals surface area contributed by atoms with Gasteiger partial charge in [-0.1, -0.05) is 0 Å². The van der Waals surface area contributed by atoms with Gasteiger partial charge in [0.15, 0.2) is 0 Å². The Hall–Kier alpha value is -0.553. The topological polar surface area (TPSA) is 29.1 Å². The Kier molecular flexibility index (Phi) is 8.66. The van der Waals surface area contributed by atoms with Crippen molar-refractivity contribution in [2.24, 2.45) is 0 Å². The van der Waals surface area contributed by atoms with Crippen LogP contribution in [0.2, 0.25) is 0 Å². The molecule has 70 valence electrons. The first-order chi connectivity index (χ1) is 6.39. The van der Waals surface area contributed by atoms with Crippen molar-refractivity contribution in [2.75, 3.05) is 13.1 Å². The zero-order chi connectivity index (χ0) is 9.36. The van der Waals surface area contributed by atoms with E-state index in [4.69, 9.17) is 0 Å². The summed E-state index contributed by atoms with van der Waals surface area (Å²) < 4.78 is 0. The predicted molar refractivity (Wildman–Crippen MR) is 52.4 cm³/mol. The summed E-state index contributed by atoms with van der Waals surface area (Å²) in [6, 6.07) is 12.5. The molecule has 3 heteroatoms. The van der Waals surface area contributed by atoms with E-state index in [0.29, 0.717) is 5.78 Å². The van der Waals surface area contributed by atoms with Crippen LogP contribution >= 0.6 is 0 Å². The van der Waals surface area contributed by atoms with E-state index in [-0.39, 0.29) is 18.9 Å². The maximum atomic E-state index is 10.4. The number of hydrogen-bond acceptors (Lipinski definition) is 2. The van der Waals surface area contributed by atoms with Gasteiger partial charge in [-0.15, -0.1) is 0 Å². The minimum absolute atomic E-state index is 0. The van der Waals surface area contributed by atoms with Crippen LogP contribution in [-0.4, -0.2) is 18.9 Å². The number of rotatable bonds is 0. The predicted octanol–water partition coefficient (Wildman–Crippen LogP) is -1.57. The Labute approximate surface area is 97.3 Å². The number of nitrogens with one attached hydrogen (secondary N) is 1. The van der Waals surface area contributed by atoms with Gasteiger partial charge in [0.2, 0.25) is 0 Å². The van der Waals surface area contributed by atoms with E-state index >= 15 is 0 Å². The molecule has 1 aliphatic heterocycles. The fourth-order valence-corrected chi connectivity index (χ4v) is 1.05. The summed E-state index contributed by atoms with van der Waals surface area (Å²) in [7, 11) is 0. The average molecular weight is 183 g/mol. The summed E-state index contributed by atoms with van der Waals surface area (Å²) in [5, 5.41) is 3.09. The molecule has 1 fully saturated rings. The number of carbonyl (C=O) groups excluding carboxylic acids is 1. The molecule has 1 aliphatic rings. The molecular weight excluding hydrogens is 169 g/mol. The van der Waals surface area contributed by atoms with Crippen LogP contribution in [-0.2, 0) is 4.79 Å². The molecule has 0 bridgehead atoms. The van der Waals surface area contributed by atoms with Gasteiger partial charge in [-0.2, -0.15) is 36.4 Å². The van der Waals surface area contributed by atoms with Crippen molar-refractivity contribution in [2.45, 2.75) is 12.8 Å². The van der Waals surface area contributed by atoms with Gasteiger partial charge in [-0.3, -0.25) is 4.79 Å². The maximum absolute atomic E-state index is 10.4. The molecule has 0 saturated carbocycles. The third-order valence-electron chi connectivity index (χ3n) is 1.77. The fourth-order valence-electron chi connectivity index (χ4n) is 1.05. The van der Waals surface area contributed by atoms with Crippen molar-refractivity contribution in [3.63, 3.8) is 0 Å². The second-order valence-electron chi connectivity index (χ2n) is 2.87. The molecule has 0 aromatic heterocycles. The monoisotopic (exact) mass is 183 g/mol. The second-order valence-corrected chi connectivity index (χ2v) is 2.87. The molecule has 1 heterocycles. The van der Waals surface area contributed by atoms with Gasteiger partial charge in [0.25, 0.3) is 0 Å². The number of piperidine rings is 1. The van der Waals surface area contributed by atoms with Crippen LogP contribution in [0.5, 0.6) is 0 Å². The van der Waals surface area contributed by atoms with Crippen molar-refractivity contribution < 1.29 is 23.7 Å².